The maximum Gasteiger partial charge on any atom is 0.312 e. The van der Waals surface area contributed by atoms with Crippen molar-refractivity contribution in [1.29, 1.82) is 5.26 Å². The number of halogens is 3. The number of sulfone groups is 1. The molecule has 9 heteroatoms. The highest BCUT2D eigenvalue weighted by molar-refractivity contribution is 7.90. The van der Waals surface area contributed by atoms with Gasteiger partial charge in [-0.3, -0.25) is 0 Å². The monoisotopic (exact) mass is 361 g/mol. The molecule has 0 amide bonds. The molecular weight excluding hydrogens is 347 g/mol. The van der Waals surface area contributed by atoms with Gasteiger partial charge in [0.05, 0.1) is 16.4 Å². The predicted octanol–water partition coefficient (Wildman–Crippen LogP) is 2.47. The molecule has 0 saturated heterocycles. The average Bonchev–Trinajstić information content (AvgIpc) is 3.26. The van der Waals surface area contributed by atoms with Crippen LogP contribution in [0.1, 0.15) is 36.2 Å². The van der Waals surface area contributed by atoms with Crippen LogP contribution in [0.3, 0.4) is 0 Å². The molecule has 1 aromatic rings. The first-order chi connectivity index (χ1) is 11.0. The van der Waals surface area contributed by atoms with Gasteiger partial charge in [-0.2, -0.15) is 14.0 Å². The zero-order valence-corrected chi connectivity index (χ0v) is 13.4. The van der Waals surface area contributed by atoms with Crippen LogP contribution in [0.4, 0.5) is 13.2 Å². The Morgan fingerprint density at radius 1 is 1.38 bits per heavy atom. The molecule has 3 rings (SSSR count). The van der Waals surface area contributed by atoms with Gasteiger partial charge in [0.15, 0.2) is 16.0 Å². The van der Waals surface area contributed by atoms with Gasteiger partial charge in [0.25, 0.3) is 0 Å². The zero-order chi connectivity index (χ0) is 17.9. The highest BCUT2D eigenvalue weighted by Crippen LogP contribution is 2.57. The van der Waals surface area contributed by atoms with Crippen molar-refractivity contribution in [3.63, 3.8) is 0 Å². The Morgan fingerprint density at radius 3 is 2.50 bits per heavy atom. The standard InChI is InChI=1S/C15H14F3NO4S/c1-24(21,22)9-3-2-8(23-7-14(6-19)4-5-14)10-11(9)13(20)15(17,18)12(10)16/h2-3,12-13,20H,4-5,7H2,1H3/t12-,13+/m1/s1. The van der Waals surface area contributed by atoms with Crippen molar-refractivity contribution < 1.29 is 31.4 Å². The maximum absolute atomic E-state index is 14.2. The number of fused-ring (bicyclic) bond motifs is 1. The Kier molecular flexibility index (Phi) is 3.62. The van der Waals surface area contributed by atoms with Gasteiger partial charge < -0.3 is 9.84 Å². The van der Waals surface area contributed by atoms with Gasteiger partial charge in [-0.05, 0) is 25.0 Å². The second-order valence-electron chi connectivity index (χ2n) is 6.28. The molecule has 1 fully saturated rings. The maximum atomic E-state index is 14.2. The second kappa shape index (κ2) is 5.10. The zero-order valence-electron chi connectivity index (χ0n) is 12.6. The highest BCUT2D eigenvalue weighted by Gasteiger charge is 2.59. The normalized spacial score (nSPS) is 26.5. The summed E-state index contributed by atoms with van der Waals surface area (Å²) in [5.74, 6) is -4.43. The van der Waals surface area contributed by atoms with Crippen molar-refractivity contribution in [1.82, 2.24) is 0 Å². The average molecular weight is 361 g/mol. The van der Waals surface area contributed by atoms with E-state index in [4.69, 9.17) is 10.00 Å². The molecule has 0 bridgehead atoms. The van der Waals surface area contributed by atoms with Crippen LogP contribution in [0.2, 0.25) is 0 Å². The number of aliphatic hydroxyl groups excluding tert-OH is 1. The van der Waals surface area contributed by atoms with Crippen LogP contribution in [0.5, 0.6) is 5.75 Å². The molecule has 1 saturated carbocycles. The molecular formula is C15H14F3NO4S. The van der Waals surface area contributed by atoms with Gasteiger partial charge >= 0.3 is 5.92 Å². The summed E-state index contributed by atoms with van der Waals surface area (Å²) in [5, 5.41) is 18.8. The van der Waals surface area contributed by atoms with Crippen LogP contribution >= 0.6 is 0 Å². The molecule has 0 aliphatic heterocycles. The molecule has 0 spiro atoms. The molecule has 130 valence electrons. The lowest BCUT2D eigenvalue weighted by molar-refractivity contribution is -0.144. The van der Waals surface area contributed by atoms with Crippen LogP contribution in [-0.4, -0.2) is 32.3 Å². The molecule has 2 aliphatic carbocycles. The van der Waals surface area contributed by atoms with E-state index in [2.05, 4.69) is 6.07 Å². The first-order valence-corrected chi connectivity index (χ1v) is 9.03. The number of nitriles is 1. The van der Waals surface area contributed by atoms with Gasteiger partial charge in [0, 0.05) is 17.4 Å². The number of nitrogens with zero attached hydrogens (tertiary/aromatic N) is 1. The largest absolute Gasteiger partial charge is 0.492 e. The summed E-state index contributed by atoms with van der Waals surface area (Å²) in [5.41, 5.74) is -2.05. The van der Waals surface area contributed by atoms with Crippen LogP contribution in [0, 0.1) is 16.7 Å². The van der Waals surface area contributed by atoms with E-state index in [0.29, 0.717) is 12.8 Å². The van der Waals surface area contributed by atoms with E-state index in [-0.39, 0.29) is 12.4 Å². The lowest BCUT2D eigenvalue weighted by Gasteiger charge is -2.16. The number of hydrogen-bond donors (Lipinski definition) is 1. The van der Waals surface area contributed by atoms with Crippen LogP contribution in [0.25, 0.3) is 0 Å². The summed E-state index contributed by atoms with van der Waals surface area (Å²) in [6.07, 6.45) is -3.51. The summed E-state index contributed by atoms with van der Waals surface area (Å²) >= 11 is 0. The summed E-state index contributed by atoms with van der Waals surface area (Å²) in [4.78, 5) is -0.557. The fraction of sp³-hybridized carbons (Fsp3) is 0.533. The number of benzene rings is 1. The fourth-order valence-corrected chi connectivity index (χ4v) is 3.70. The van der Waals surface area contributed by atoms with Crippen molar-refractivity contribution in [2.45, 2.75) is 35.9 Å². The highest BCUT2D eigenvalue weighted by atomic mass is 32.2. The van der Waals surface area contributed by atoms with Crippen molar-refractivity contribution in [2.24, 2.45) is 5.41 Å². The lowest BCUT2D eigenvalue weighted by atomic mass is 10.1. The third-order valence-electron chi connectivity index (χ3n) is 4.43. The van der Waals surface area contributed by atoms with Gasteiger partial charge in [0.1, 0.15) is 18.5 Å². The number of alkyl halides is 3. The second-order valence-corrected chi connectivity index (χ2v) is 8.27. The molecule has 2 aliphatic rings. The van der Waals surface area contributed by atoms with Crippen molar-refractivity contribution >= 4 is 9.84 Å². The van der Waals surface area contributed by atoms with Crippen LogP contribution in [0.15, 0.2) is 17.0 Å². The third kappa shape index (κ3) is 2.45. The Balaban J connectivity index is 2.10. The minimum absolute atomic E-state index is 0.109. The summed E-state index contributed by atoms with van der Waals surface area (Å²) in [7, 11) is -3.95. The first kappa shape index (κ1) is 17.0. The summed E-state index contributed by atoms with van der Waals surface area (Å²) < 4.78 is 70.9. The van der Waals surface area contributed by atoms with E-state index in [1.54, 1.807) is 0 Å². The number of hydrogen-bond acceptors (Lipinski definition) is 5. The minimum atomic E-state index is -4.16. The van der Waals surface area contributed by atoms with E-state index in [1.165, 1.54) is 0 Å². The summed E-state index contributed by atoms with van der Waals surface area (Å²) in [6.45, 7) is -0.109. The Morgan fingerprint density at radius 2 is 2.00 bits per heavy atom. The SMILES string of the molecule is CS(=O)(=O)c1ccc(OCC2(C#N)CC2)c2c1[C@H](O)C(F)(F)[C@@H]2F. The van der Waals surface area contributed by atoms with E-state index in [9.17, 15) is 26.7 Å². The lowest BCUT2D eigenvalue weighted by Crippen LogP contribution is -2.24. The van der Waals surface area contributed by atoms with Crippen LogP contribution in [-0.2, 0) is 9.84 Å². The first-order valence-electron chi connectivity index (χ1n) is 7.14. The molecule has 1 N–H and O–H groups in total. The van der Waals surface area contributed by atoms with E-state index >= 15 is 0 Å². The molecule has 0 unspecified atom stereocenters. The van der Waals surface area contributed by atoms with E-state index in [0.717, 1.165) is 18.4 Å². The van der Waals surface area contributed by atoms with E-state index < -0.39 is 49.5 Å². The molecule has 0 aromatic heterocycles. The molecule has 0 radical (unpaired) electrons. The molecule has 0 heterocycles. The van der Waals surface area contributed by atoms with Gasteiger partial charge in [-0.25, -0.2) is 12.8 Å². The van der Waals surface area contributed by atoms with E-state index in [1.807, 2.05) is 0 Å². The molecule has 1 aromatic carbocycles. The topological polar surface area (TPSA) is 87.4 Å². The van der Waals surface area contributed by atoms with Gasteiger partial charge in [-0.1, -0.05) is 0 Å². The Bertz CT molecular complexity index is 843. The number of rotatable bonds is 4. The Hall–Kier alpha value is -1.79. The minimum Gasteiger partial charge on any atom is -0.492 e. The van der Waals surface area contributed by atoms with Crippen molar-refractivity contribution in [3.8, 4) is 11.8 Å². The predicted molar refractivity (Wildman–Crippen MR) is 76.1 cm³/mol. The fourth-order valence-electron chi connectivity index (χ4n) is 2.77. The molecule has 24 heavy (non-hydrogen) atoms. The third-order valence-corrected chi connectivity index (χ3v) is 5.59. The molecule has 5 nitrogen and oxygen atoms in total. The van der Waals surface area contributed by atoms with Gasteiger partial charge in [0.2, 0.25) is 0 Å². The molecule has 2 atom stereocenters. The smallest absolute Gasteiger partial charge is 0.312 e. The van der Waals surface area contributed by atoms with Gasteiger partial charge in [-0.15, -0.1) is 0 Å². The van der Waals surface area contributed by atoms with Crippen LogP contribution < -0.4 is 4.74 Å². The van der Waals surface area contributed by atoms with Crippen molar-refractivity contribution in [2.75, 3.05) is 12.9 Å². The summed E-state index contributed by atoms with van der Waals surface area (Å²) in [6, 6.07) is 4.14. The Labute approximate surface area is 136 Å². The number of ether oxygens (including phenoxy) is 1. The van der Waals surface area contributed by atoms with Crippen molar-refractivity contribution in [3.05, 3.63) is 23.3 Å². The number of aliphatic hydroxyl groups is 1. The quantitative estimate of drug-likeness (QED) is 0.890.